The summed E-state index contributed by atoms with van der Waals surface area (Å²) in [6, 6.07) is 13.3. The van der Waals surface area contributed by atoms with Gasteiger partial charge in [0.2, 0.25) is 5.91 Å². The van der Waals surface area contributed by atoms with E-state index in [-0.39, 0.29) is 18.2 Å². The van der Waals surface area contributed by atoms with Crippen molar-refractivity contribution in [3.05, 3.63) is 53.6 Å². The van der Waals surface area contributed by atoms with Crippen molar-refractivity contribution in [2.45, 2.75) is 12.5 Å². The Labute approximate surface area is 138 Å². The summed E-state index contributed by atoms with van der Waals surface area (Å²) in [4.78, 5) is 25.9. The quantitative estimate of drug-likeness (QED) is 0.875. The maximum atomic E-state index is 12.5. The molecule has 1 aliphatic heterocycles. The van der Waals surface area contributed by atoms with E-state index in [1.54, 1.807) is 37.4 Å². The number of amides is 2. The van der Waals surface area contributed by atoms with Crippen molar-refractivity contribution < 1.29 is 14.3 Å². The lowest BCUT2D eigenvalue weighted by Crippen LogP contribution is -2.34. The molecule has 0 unspecified atom stereocenters. The van der Waals surface area contributed by atoms with Crippen molar-refractivity contribution in [3.63, 3.8) is 0 Å². The molecule has 0 spiro atoms. The molecule has 0 saturated carbocycles. The third-order valence-electron chi connectivity index (χ3n) is 3.64. The van der Waals surface area contributed by atoms with Gasteiger partial charge in [-0.2, -0.15) is 0 Å². The first-order valence-corrected chi connectivity index (χ1v) is 7.49. The van der Waals surface area contributed by atoms with E-state index in [0.29, 0.717) is 16.5 Å². The molecule has 1 heterocycles. The van der Waals surface area contributed by atoms with Gasteiger partial charge < -0.3 is 10.1 Å². The van der Waals surface area contributed by atoms with E-state index >= 15 is 0 Å². The van der Waals surface area contributed by atoms with Crippen LogP contribution in [0.25, 0.3) is 0 Å². The van der Waals surface area contributed by atoms with Gasteiger partial charge >= 0.3 is 0 Å². The standard InChI is InChI=1S/C17H15ClN2O3/c1-23-14-4-2-3-12(9-14)19-15-10-16(21)20(17(15)22)13-7-5-11(18)6-8-13/h2-9,15,19H,10H2,1H3/t15-/m1/s1. The normalized spacial score (nSPS) is 17.5. The number of carbonyl (C=O) groups is 2. The number of methoxy groups -OCH3 is 1. The minimum absolute atomic E-state index is 0.110. The molecule has 1 fully saturated rings. The van der Waals surface area contributed by atoms with Crippen LogP contribution in [0, 0.1) is 0 Å². The lowest BCUT2D eigenvalue weighted by molar-refractivity contribution is -0.121. The summed E-state index contributed by atoms with van der Waals surface area (Å²) < 4.78 is 5.15. The van der Waals surface area contributed by atoms with Crippen LogP contribution in [0.15, 0.2) is 48.5 Å². The summed E-state index contributed by atoms with van der Waals surface area (Å²) in [5.74, 6) is 0.166. The molecule has 5 nitrogen and oxygen atoms in total. The van der Waals surface area contributed by atoms with Crippen LogP contribution in [0.3, 0.4) is 0 Å². The maximum absolute atomic E-state index is 12.5. The van der Waals surface area contributed by atoms with Crippen LogP contribution in [-0.4, -0.2) is 25.0 Å². The van der Waals surface area contributed by atoms with E-state index in [2.05, 4.69) is 5.32 Å². The number of nitrogens with one attached hydrogen (secondary N) is 1. The predicted octanol–water partition coefficient (Wildman–Crippen LogP) is 3.09. The maximum Gasteiger partial charge on any atom is 0.256 e. The molecule has 23 heavy (non-hydrogen) atoms. The van der Waals surface area contributed by atoms with Gasteiger partial charge in [-0.1, -0.05) is 17.7 Å². The van der Waals surface area contributed by atoms with E-state index in [1.807, 2.05) is 18.2 Å². The summed E-state index contributed by atoms with van der Waals surface area (Å²) in [6.45, 7) is 0. The highest BCUT2D eigenvalue weighted by Crippen LogP contribution is 2.27. The smallest absolute Gasteiger partial charge is 0.256 e. The van der Waals surface area contributed by atoms with Crippen LogP contribution in [0.4, 0.5) is 11.4 Å². The molecule has 1 atom stereocenters. The number of nitrogens with zero attached hydrogens (tertiary/aromatic N) is 1. The minimum Gasteiger partial charge on any atom is -0.497 e. The Bertz CT molecular complexity index is 746. The molecule has 0 aliphatic carbocycles. The molecular formula is C17H15ClN2O3. The van der Waals surface area contributed by atoms with Crippen LogP contribution in [0.5, 0.6) is 5.75 Å². The van der Waals surface area contributed by atoms with E-state index < -0.39 is 6.04 Å². The zero-order valence-corrected chi connectivity index (χ0v) is 13.2. The van der Waals surface area contributed by atoms with Gasteiger partial charge in [0.05, 0.1) is 19.2 Å². The summed E-state index contributed by atoms with van der Waals surface area (Å²) in [5, 5.41) is 3.64. The highest BCUT2D eigenvalue weighted by molar-refractivity contribution is 6.30. The Balaban J connectivity index is 1.79. The number of hydrogen-bond acceptors (Lipinski definition) is 4. The van der Waals surface area contributed by atoms with Crippen LogP contribution < -0.4 is 15.0 Å². The molecule has 1 saturated heterocycles. The summed E-state index contributed by atoms with van der Waals surface area (Å²) >= 11 is 5.84. The Hall–Kier alpha value is -2.53. The van der Waals surface area contributed by atoms with E-state index in [0.717, 1.165) is 5.69 Å². The lowest BCUT2D eigenvalue weighted by Gasteiger charge is -2.16. The van der Waals surface area contributed by atoms with Gasteiger partial charge in [0, 0.05) is 16.8 Å². The second-order valence-electron chi connectivity index (χ2n) is 5.18. The average Bonchev–Trinajstić information content (AvgIpc) is 2.83. The van der Waals surface area contributed by atoms with Gasteiger partial charge in [0.1, 0.15) is 11.8 Å². The monoisotopic (exact) mass is 330 g/mol. The lowest BCUT2D eigenvalue weighted by atomic mass is 10.2. The van der Waals surface area contributed by atoms with Crippen LogP contribution >= 0.6 is 11.6 Å². The fourth-order valence-electron chi connectivity index (χ4n) is 2.52. The Morgan fingerprint density at radius 2 is 1.91 bits per heavy atom. The van der Waals surface area contributed by atoms with E-state index in [1.165, 1.54) is 4.90 Å². The van der Waals surface area contributed by atoms with Crippen molar-refractivity contribution in [2.24, 2.45) is 0 Å². The fourth-order valence-corrected chi connectivity index (χ4v) is 2.65. The molecule has 0 radical (unpaired) electrons. The number of ether oxygens (including phenoxy) is 1. The largest absolute Gasteiger partial charge is 0.497 e. The Morgan fingerprint density at radius 3 is 2.61 bits per heavy atom. The molecule has 6 heteroatoms. The van der Waals surface area contributed by atoms with Gasteiger partial charge in [-0.05, 0) is 36.4 Å². The number of halogens is 1. The molecule has 1 aliphatic rings. The molecule has 2 amide bonds. The number of benzene rings is 2. The van der Waals surface area contributed by atoms with Crippen molar-refractivity contribution in [1.82, 2.24) is 0 Å². The van der Waals surface area contributed by atoms with Crippen LogP contribution in [-0.2, 0) is 9.59 Å². The molecule has 0 aromatic heterocycles. The van der Waals surface area contributed by atoms with Crippen LogP contribution in [0.1, 0.15) is 6.42 Å². The van der Waals surface area contributed by atoms with Gasteiger partial charge in [-0.25, -0.2) is 4.90 Å². The SMILES string of the molecule is COc1cccc(N[C@@H]2CC(=O)N(c3ccc(Cl)cc3)C2=O)c1. The van der Waals surface area contributed by atoms with Gasteiger partial charge in [0.25, 0.3) is 5.91 Å². The van der Waals surface area contributed by atoms with Gasteiger partial charge in [-0.15, -0.1) is 0 Å². The summed E-state index contributed by atoms with van der Waals surface area (Å²) in [6.07, 6.45) is 0.110. The van der Waals surface area contributed by atoms with Gasteiger partial charge in [-0.3, -0.25) is 9.59 Å². The zero-order valence-electron chi connectivity index (χ0n) is 12.5. The Morgan fingerprint density at radius 1 is 1.17 bits per heavy atom. The first kappa shape index (κ1) is 15.4. The zero-order chi connectivity index (χ0) is 16.4. The van der Waals surface area contributed by atoms with Crippen molar-refractivity contribution in [1.29, 1.82) is 0 Å². The number of carbonyl (C=O) groups excluding carboxylic acids is 2. The fraction of sp³-hybridized carbons (Fsp3) is 0.176. The molecule has 1 N–H and O–H groups in total. The molecular weight excluding hydrogens is 316 g/mol. The van der Waals surface area contributed by atoms with E-state index in [9.17, 15) is 9.59 Å². The van der Waals surface area contributed by atoms with Crippen LogP contribution in [0.2, 0.25) is 5.02 Å². The average molecular weight is 331 g/mol. The molecule has 2 aromatic rings. The summed E-state index contributed by atoms with van der Waals surface area (Å²) in [7, 11) is 1.58. The van der Waals surface area contributed by atoms with Crippen molar-refractivity contribution >= 4 is 34.8 Å². The first-order chi connectivity index (χ1) is 11.1. The molecule has 3 rings (SSSR count). The second-order valence-corrected chi connectivity index (χ2v) is 5.61. The highest BCUT2D eigenvalue weighted by atomic mass is 35.5. The topological polar surface area (TPSA) is 58.6 Å². The first-order valence-electron chi connectivity index (χ1n) is 7.11. The number of anilines is 2. The van der Waals surface area contributed by atoms with Gasteiger partial charge in [0.15, 0.2) is 0 Å². The number of imide groups is 1. The van der Waals surface area contributed by atoms with Crippen molar-refractivity contribution in [2.75, 3.05) is 17.3 Å². The Kier molecular flexibility index (Phi) is 4.21. The number of hydrogen-bond donors (Lipinski definition) is 1. The van der Waals surface area contributed by atoms with E-state index in [4.69, 9.17) is 16.3 Å². The highest BCUT2D eigenvalue weighted by Gasteiger charge is 2.39. The minimum atomic E-state index is -0.592. The van der Waals surface area contributed by atoms with Crippen molar-refractivity contribution in [3.8, 4) is 5.75 Å². The molecule has 0 bridgehead atoms. The summed E-state index contributed by atoms with van der Waals surface area (Å²) in [5.41, 5.74) is 1.26. The third-order valence-corrected chi connectivity index (χ3v) is 3.89. The predicted molar refractivity (Wildman–Crippen MR) is 89.0 cm³/mol. The number of rotatable bonds is 4. The third kappa shape index (κ3) is 3.14. The molecule has 118 valence electrons. The molecule has 2 aromatic carbocycles. The second kappa shape index (κ2) is 6.30.